The number of para-hydroxylation sites is 1. The smallest absolute Gasteiger partial charge is 0.264 e. The number of carbonyl (C=O) groups is 1. The third-order valence-corrected chi connectivity index (χ3v) is 6.85. The van der Waals surface area contributed by atoms with Crippen LogP contribution >= 0.6 is 0 Å². The number of nitrogens with zero attached hydrogens (tertiary/aromatic N) is 2. The summed E-state index contributed by atoms with van der Waals surface area (Å²) >= 11 is 0. The van der Waals surface area contributed by atoms with E-state index in [1.807, 2.05) is 30.3 Å². The Kier molecular flexibility index (Phi) is 5.25. The first-order valence-corrected chi connectivity index (χ1v) is 11.0. The first-order valence-electron chi connectivity index (χ1n) is 9.51. The van der Waals surface area contributed by atoms with E-state index in [1.54, 1.807) is 24.3 Å². The fourth-order valence-electron chi connectivity index (χ4n) is 3.52. The lowest BCUT2D eigenvalue weighted by Gasteiger charge is -2.30. The van der Waals surface area contributed by atoms with E-state index >= 15 is 0 Å². The minimum Gasteiger partial charge on any atom is -0.322 e. The van der Waals surface area contributed by atoms with Gasteiger partial charge in [-0.1, -0.05) is 24.3 Å². The van der Waals surface area contributed by atoms with Crippen molar-refractivity contribution in [1.29, 1.82) is 5.26 Å². The molecule has 4 rings (SSSR count). The van der Waals surface area contributed by atoms with Crippen LogP contribution in [-0.2, 0) is 16.4 Å². The van der Waals surface area contributed by atoms with Crippen molar-refractivity contribution in [2.24, 2.45) is 0 Å². The van der Waals surface area contributed by atoms with E-state index < -0.39 is 10.0 Å². The minimum absolute atomic E-state index is 0.141. The Morgan fingerprint density at radius 3 is 2.53 bits per heavy atom. The predicted molar refractivity (Wildman–Crippen MR) is 115 cm³/mol. The molecule has 1 heterocycles. The Hall–Kier alpha value is -3.63. The van der Waals surface area contributed by atoms with Gasteiger partial charge < -0.3 is 5.32 Å². The number of aryl methyl sites for hydroxylation is 1. The summed E-state index contributed by atoms with van der Waals surface area (Å²) in [7, 11) is -3.72. The largest absolute Gasteiger partial charge is 0.322 e. The first kappa shape index (κ1) is 19.7. The second-order valence-electron chi connectivity index (χ2n) is 6.98. The standard InChI is InChI=1S/C23H19N3O3S/c24-16-17-5-3-8-20(15-17)25-23(27)19-10-12-21(13-11-19)30(28,29)26-14-4-7-18-6-1-2-9-22(18)26/h1-3,5-6,8-13,15H,4,7,14H2,(H,25,27). The molecule has 150 valence electrons. The fourth-order valence-corrected chi connectivity index (χ4v) is 5.07. The zero-order valence-corrected chi connectivity index (χ0v) is 16.9. The number of sulfonamides is 1. The van der Waals surface area contributed by atoms with E-state index in [1.165, 1.54) is 28.6 Å². The molecule has 1 N–H and O–H groups in total. The normalized spacial score (nSPS) is 13.2. The number of amides is 1. The van der Waals surface area contributed by atoms with Crippen molar-refractivity contribution in [3.05, 3.63) is 89.5 Å². The van der Waals surface area contributed by atoms with Crippen LogP contribution in [0.1, 0.15) is 27.9 Å². The topological polar surface area (TPSA) is 90.3 Å². The number of nitrogens with one attached hydrogen (secondary N) is 1. The van der Waals surface area contributed by atoms with E-state index in [2.05, 4.69) is 5.32 Å². The Labute approximate surface area is 175 Å². The zero-order chi connectivity index (χ0) is 21.1. The lowest BCUT2D eigenvalue weighted by Crippen LogP contribution is -2.35. The number of hydrogen-bond acceptors (Lipinski definition) is 4. The second-order valence-corrected chi connectivity index (χ2v) is 8.84. The zero-order valence-electron chi connectivity index (χ0n) is 16.1. The van der Waals surface area contributed by atoms with E-state index in [-0.39, 0.29) is 10.8 Å². The van der Waals surface area contributed by atoms with Crippen LogP contribution in [0.5, 0.6) is 0 Å². The van der Waals surface area contributed by atoms with Crippen LogP contribution in [0.15, 0.2) is 77.7 Å². The highest BCUT2D eigenvalue weighted by molar-refractivity contribution is 7.92. The third kappa shape index (κ3) is 3.78. The van der Waals surface area contributed by atoms with Crippen molar-refractivity contribution in [2.75, 3.05) is 16.2 Å². The van der Waals surface area contributed by atoms with Gasteiger partial charge in [0.2, 0.25) is 0 Å². The maximum atomic E-state index is 13.2. The Bertz CT molecular complexity index is 1250. The van der Waals surface area contributed by atoms with Crippen LogP contribution in [0.2, 0.25) is 0 Å². The molecule has 0 saturated heterocycles. The van der Waals surface area contributed by atoms with Crippen molar-refractivity contribution < 1.29 is 13.2 Å². The summed E-state index contributed by atoms with van der Waals surface area (Å²) in [6.45, 7) is 0.427. The maximum absolute atomic E-state index is 13.2. The van der Waals surface area contributed by atoms with Gasteiger partial charge in [0.15, 0.2) is 0 Å². The lowest BCUT2D eigenvalue weighted by atomic mass is 10.0. The molecule has 0 fully saturated rings. The number of benzene rings is 3. The summed E-state index contributed by atoms with van der Waals surface area (Å²) in [5.41, 5.74) is 3.00. The Morgan fingerprint density at radius 1 is 1.00 bits per heavy atom. The van der Waals surface area contributed by atoms with Gasteiger partial charge in [0.25, 0.3) is 15.9 Å². The summed E-state index contributed by atoms with van der Waals surface area (Å²) in [4.78, 5) is 12.6. The molecular formula is C23H19N3O3S. The summed E-state index contributed by atoms with van der Waals surface area (Å²) in [5.74, 6) is -0.377. The Morgan fingerprint density at radius 2 is 1.77 bits per heavy atom. The minimum atomic E-state index is -3.72. The number of anilines is 2. The molecule has 6 nitrogen and oxygen atoms in total. The average molecular weight is 417 g/mol. The summed E-state index contributed by atoms with van der Waals surface area (Å²) in [6.07, 6.45) is 1.62. The molecule has 0 spiro atoms. The van der Waals surface area contributed by atoms with Crippen molar-refractivity contribution >= 4 is 27.3 Å². The number of rotatable bonds is 4. The SMILES string of the molecule is N#Cc1cccc(NC(=O)c2ccc(S(=O)(=O)N3CCCc4ccccc43)cc2)c1. The predicted octanol–water partition coefficient (Wildman–Crippen LogP) is 3.95. The average Bonchev–Trinajstić information content (AvgIpc) is 2.79. The van der Waals surface area contributed by atoms with Crippen LogP contribution in [0.4, 0.5) is 11.4 Å². The van der Waals surface area contributed by atoms with Gasteiger partial charge in [-0.05, 0) is 66.9 Å². The molecule has 0 aromatic heterocycles. The quantitative estimate of drug-likeness (QED) is 0.696. The summed E-state index contributed by atoms with van der Waals surface area (Å²) in [5, 5.41) is 11.7. The molecule has 3 aromatic rings. The van der Waals surface area contributed by atoms with Gasteiger partial charge in [-0.2, -0.15) is 5.26 Å². The molecule has 1 amide bonds. The van der Waals surface area contributed by atoms with Gasteiger partial charge in [-0.25, -0.2) is 8.42 Å². The van der Waals surface area contributed by atoms with E-state index in [0.29, 0.717) is 29.0 Å². The molecule has 0 unspecified atom stereocenters. The highest BCUT2D eigenvalue weighted by Crippen LogP contribution is 2.31. The molecule has 1 aliphatic heterocycles. The summed E-state index contributed by atoms with van der Waals surface area (Å²) in [6, 6.07) is 22.0. The molecule has 3 aromatic carbocycles. The molecule has 7 heteroatoms. The Balaban J connectivity index is 1.56. The van der Waals surface area contributed by atoms with Crippen LogP contribution in [-0.4, -0.2) is 20.9 Å². The van der Waals surface area contributed by atoms with Crippen LogP contribution in [0.3, 0.4) is 0 Å². The number of nitriles is 1. The van der Waals surface area contributed by atoms with Gasteiger partial charge in [0.1, 0.15) is 0 Å². The molecule has 0 radical (unpaired) electrons. The van der Waals surface area contributed by atoms with Crippen LogP contribution < -0.4 is 9.62 Å². The summed E-state index contributed by atoms with van der Waals surface area (Å²) < 4.78 is 27.8. The van der Waals surface area contributed by atoms with Gasteiger partial charge in [0, 0.05) is 17.8 Å². The lowest BCUT2D eigenvalue weighted by molar-refractivity contribution is 0.102. The number of hydrogen-bond donors (Lipinski definition) is 1. The maximum Gasteiger partial charge on any atom is 0.264 e. The van der Waals surface area contributed by atoms with E-state index in [4.69, 9.17) is 5.26 Å². The fraction of sp³-hybridized carbons (Fsp3) is 0.130. The third-order valence-electron chi connectivity index (χ3n) is 5.02. The van der Waals surface area contributed by atoms with Gasteiger partial charge in [-0.3, -0.25) is 9.10 Å². The van der Waals surface area contributed by atoms with Crippen LogP contribution in [0, 0.1) is 11.3 Å². The molecule has 0 atom stereocenters. The highest BCUT2D eigenvalue weighted by Gasteiger charge is 2.28. The van der Waals surface area contributed by atoms with Crippen LogP contribution in [0.25, 0.3) is 0 Å². The molecule has 30 heavy (non-hydrogen) atoms. The van der Waals surface area contributed by atoms with Gasteiger partial charge in [0.05, 0.1) is 22.2 Å². The van der Waals surface area contributed by atoms with Gasteiger partial charge in [-0.15, -0.1) is 0 Å². The molecule has 0 aliphatic carbocycles. The van der Waals surface area contributed by atoms with Crippen molar-refractivity contribution in [3.63, 3.8) is 0 Å². The molecule has 0 saturated carbocycles. The van der Waals surface area contributed by atoms with Gasteiger partial charge >= 0.3 is 0 Å². The van der Waals surface area contributed by atoms with E-state index in [0.717, 1.165) is 18.4 Å². The van der Waals surface area contributed by atoms with Crippen molar-refractivity contribution in [3.8, 4) is 6.07 Å². The number of carbonyl (C=O) groups excluding carboxylic acids is 1. The monoisotopic (exact) mass is 417 g/mol. The van der Waals surface area contributed by atoms with Crippen molar-refractivity contribution in [2.45, 2.75) is 17.7 Å². The first-order chi connectivity index (χ1) is 14.5. The van der Waals surface area contributed by atoms with E-state index in [9.17, 15) is 13.2 Å². The molecule has 1 aliphatic rings. The molecular weight excluding hydrogens is 398 g/mol. The highest BCUT2D eigenvalue weighted by atomic mass is 32.2. The second kappa shape index (κ2) is 8.01. The molecule has 0 bridgehead atoms. The number of fused-ring (bicyclic) bond motifs is 1. The van der Waals surface area contributed by atoms with Crippen molar-refractivity contribution in [1.82, 2.24) is 0 Å².